The molecule has 3 aromatic rings. The van der Waals surface area contributed by atoms with Crippen LogP contribution in [0.25, 0.3) is 6.08 Å². The first-order chi connectivity index (χ1) is 16.3. The summed E-state index contributed by atoms with van der Waals surface area (Å²) in [6.45, 7) is 2.43. The predicted molar refractivity (Wildman–Crippen MR) is 140 cm³/mol. The van der Waals surface area contributed by atoms with Gasteiger partial charge in [-0.05, 0) is 55.0 Å². The van der Waals surface area contributed by atoms with Gasteiger partial charge in [-0.25, -0.2) is 0 Å². The van der Waals surface area contributed by atoms with Gasteiger partial charge in [-0.3, -0.25) is 4.79 Å². The van der Waals surface area contributed by atoms with Crippen LogP contribution in [0.1, 0.15) is 18.1 Å². The Kier molecular flexibility index (Phi) is 9.26. The number of amides is 1. The van der Waals surface area contributed by atoms with Crippen molar-refractivity contribution in [2.75, 3.05) is 11.9 Å². The molecule has 1 amide bonds. The quantitative estimate of drug-likeness (QED) is 0.217. The first-order valence-electron chi connectivity index (χ1n) is 10.0. The zero-order chi connectivity index (χ0) is 24.7. The maximum absolute atomic E-state index is 12.7. The van der Waals surface area contributed by atoms with E-state index in [9.17, 15) is 10.1 Å². The monoisotopic (exact) mass is 578 g/mol. The second-order valence-corrected chi connectivity index (χ2v) is 8.99. The van der Waals surface area contributed by atoms with Gasteiger partial charge in [0, 0.05) is 20.1 Å². The van der Waals surface area contributed by atoms with Crippen LogP contribution in [-0.2, 0) is 11.4 Å². The van der Waals surface area contributed by atoms with E-state index in [-0.39, 0.29) is 12.2 Å². The van der Waals surface area contributed by atoms with Gasteiger partial charge in [-0.1, -0.05) is 68.9 Å². The van der Waals surface area contributed by atoms with Crippen LogP contribution in [0.3, 0.4) is 0 Å². The molecular weight excluding hydrogens is 563 g/mol. The Balaban J connectivity index is 1.87. The minimum Gasteiger partial charge on any atom is -0.490 e. The molecule has 0 spiro atoms. The molecule has 0 atom stereocenters. The summed E-state index contributed by atoms with van der Waals surface area (Å²) in [6, 6.07) is 17.3. The fraction of sp³-hybridized carbons (Fsp3) is 0.120. The van der Waals surface area contributed by atoms with Gasteiger partial charge in [0.2, 0.25) is 0 Å². The molecule has 5 nitrogen and oxygen atoms in total. The van der Waals surface area contributed by atoms with Gasteiger partial charge >= 0.3 is 0 Å². The van der Waals surface area contributed by atoms with Gasteiger partial charge in [-0.2, -0.15) is 5.26 Å². The van der Waals surface area contributed by atoms with Crippen LogP contribution < -0.4 is 14.8 Å². The maximum atomic E-state index is 12.7. The highest BCUT2D eigenvalue weighted by atomic mass is 79.9. The molecule has 3 rings (SSSR count). The Labute approximate surface area is 221 Å². The molecule has 174 valence electrons. The minimum atomic E-state index is -0.585. The number of nitrogens with one attached hydrogen (secondary N) is 1. The highest BCUT2D eigenvalue weighted by molar-refractivity contribution is 9.10. The van der Waals surface area contributed by atoms with Gasteiger partial charge in [0.1, 0.15) is 18.2 Å². The van der Waals surface area contributed by atoms with Crippen LogP contribution >= 0.6 is 50.7 Å². The molecule has 0 saturated carbocycles. The summed E-state index contributed by atoms with van der Waals surface area (Å²) in [4.78, 5) is 12.7. The van der Waals surface area contributed by atoms with Crippen molar-refractivity contribution in [3.8, 4) is 17.6 Å². The van der Waals surface area contributed by atoms with Crippen LogP contribution in [0.2, 0.25) is 15.1 Å². The Morgan fingerprint density at radius 1 is 1.06 bits per heavy atom. The zero-order valence-corrected chi connectivity index (χ0v) is 21.7. The summed E-state index contributed by atoms with van der Waals surface area (Å²) < 4.78 is 12.3. The van der Waals surface area contributed by atoms with Crippen molar-refractivity contribution in [3.63, 3.8) is 0 Å². The number of halogens is 4. The van der Waals surface area contributed by atoms with E-state index in [0.29, 0.717) is 48.9 Å². The average Bonchev–Trinajstić information content (AvgIpc) is 2.80. The van der Waals surface area contributed by atoms with Gasteiger partial charge in [-0.15, -0.1) is 0 Å². The van der Waals surface area contributed by atoms with Crippen molar-refractivity contribution < 1.29 is 14.3 Å². The lowest BCUT2D eigenvalue weighted by atomic mass is 10.1. The highest BCUT2D eigenvalue weighted by Gasteiger charge is 2.15. The summed E-state index contributed by atoms with van der Waals surface area (Å²) in [6.07, 6.45) is 1.46. The minimum absolute atomic E-state index is 0.107. The van der Waals surface area contributed by atoms with E-state index in [0.717, 1.165) is 5.56 Å². The van der Waals surface area contributed by atoms with Crippen LogP contribution in [-0.4, -0.2) is 12.5 Å². The molecule has 0 bridgehead atoms. The fourth-order valence-electron chi connectivity index (χ4n) is 2.89. The van der Waals surface area contributed by atoms with E-state index >= 15 is 0 Å². The van der Waals surface area contributed by atoms with E-state index in [1.165, 1.54) is 6.08 Å². The standard InChI is InChI=1S/C25H18BrCl3N2O3/c1-2-33-23-10-16(9-17(13-30)25(32)31-22-6-4-3-5-20(22)28)19(26)12-24(23)34-14-15-7-8-18(27)11-21(15)29/h3-12H,2,14H2,1H3,(H,31,32)/b17-9+. The van der Waals surface area contributed by atoms with Crippen molar-refractivity contribution in [1.29, 1.82) is 5.26 Å². The number of hydrogen-bond acceptors (Lipinski definition) is 4. The summed E-state index contributed by atoms with van der Waals surface area (Å²) in [7, 11) is 0. The van der Waals surface area contributed by atoms with Crippen LogP contribution in [0, 0.1) is 11.3 Å². The number of nitrogens with zero attached hydrogens (tertiary/aromatic N) is 1. The summed E-state index contributed by atoms with van der Waals surface area (Å²) in [5.41, 5.74) is 1.63. The largest absolute Gasteiger partial charge is 0.490 e. The lowest BCUT2D eigenvalue weighted by Gasteiger charge is -2.15. The molecule has 0 aromatic heterocycles. The zero-order valence-electron chi connectivity index (χ0n) is 17.9. The normalized spacial score (nSPS) is 11.0. The molecule has 0 heterocycles. The first-order valence-corrected chi connectivity index (χ1v) is 12.0. The molecule has 0 unspecified atom stereocenters. The Hall–Kier alpha value is -2.69. The number of para-hydroxylation sites is 1. The van der Waals surface area contributed by atoms with E-state index in [1.54, 1.807) is 54.6 Å². The van der Waals surface area contributed by atoms with Crippen LogP contribution in [0.15, 0.2) is 64.6 Å². The predicted octanol–water partition coefficient (Wildman–Crippen LogP) is 7.93. The SMILES string of the molecule is CCOc1cc(/C=C(\C#N)C(=O)Nc2ccccc2Cl)c(Br)cc1OCc1ccc(Cl)cc1Cl. The van der Waals surface area contributed by atoms with Crippen molar-refractivity contribution in [2.24, 2.45) is 0 Å². The number of nitriles is 1. The molecule has 34 heavy (non-hydrogen) atoms. The number of ether oxygens (including phenoxy) is 2. The Bertz CT molecular complexity index is 1290. The third-order valence-electron chi connectivity index (χ3n) is 4.55. The number of anilines is 1. The maximum Gasteiger partial charge on any atom is 0.266 e. The molecule has 1 N–H and O–H groups in total. The smallest absolute Gasteiger partial charge is 0.266 e. The van der Waals surface area contributed by atoms with Crippen molar-refractivity contribution in [1.82, 2.24) is 0 Å². The molecule has 0 aliphatic heterocycles. The van der Waals surface area contributed by atoms with Crippen LogP contribution in [0.5, 0.6) is 11.5 Å². The number of carbonyl (C=O) groups is 1. The number of rotatable bonds is 8. The molecule has 3 aromatic carbocycles. The van der Waals surface area contributed by atoms with E-state index < -0.39 is 5.91 Å². The lowest BCUT2D eigenvalue weighted by Crippen LogP contribution is -2.13. The second-order valence-electron chi connectivity index (χ2n) is 6.88. The molecule has 0 aliphatic rings. The molecule has 0 aliphatic carbocycles. The van der Waals surface area contributed by atoms with E-state index in [1.807, 2.05) is 13.0 Å². The van der Waals surface area contributed by atoms with Gasteiger partial charge < -0.3 is 14.8 Å². The third kappa shape index (κ3) is 6.68. The second kappa shape index (κ2) is 12.1. The van der Waals surface area contributed by atoms with Crippen molar-refractivity contribution in [3.05, 3.63) is 90.8 Å². The van der Waals surface area contributed by atoms with Crippen molar-refractivity contribution >= 4 is 68.4 Å². The van der Waals surface area contributed by atoms with Gasteiger partial charge in [0.25, 0.3) is 5.91 Å². The summed E-state index contributed by atoms with van der Waals surface area (Å²) in [5.74, 6) is 0.333. The lowest BCUT2D eigenvalue weighted by molar-refractivity contribution is -0.112. The molecule has 0 saturated heterocycles. The number of carbonyl (C=O) groups excluding carboxylic acids is 1. The number of benzene rings is 3. The molecule has 0 fully saturated rings. The third-order valence-corrected chi connectivity index (χ3v) is 6.15. The fourth-order valence-corrected chi connectivity index (χ4v) is 3.98. The van der Waals surface area contributed by atoms with E-state index in [2.05, 4.69) is 21.2 Å². The van der Waals surface area contributed by atoms with E-state index in [4.69, 9.17) is 44.3 Å². The first kappa shape index (κ1) is 25.9. The highest BCUT2D eigenvalue weighted by Crippen LogP contribution is 2.36. The Morgan fingerprint density at radius 2 is 1.79 bits per heavy atom. The summed E-state index contributed by atoms with van der Waals surface area (Å²) in [5, 5.41) is 13.6. The van der Waals surface area contributed by atoms with Gasteiger partial charge in [0.15, 0.2) is 11.5 Å². The average molecular weight is 581 g/mol. The molecule has 0 radical (unpaired) electrons. The number of hydrogen-bond donors (Lipinski definition) is 1. The summed E-state index contributed by atoms with van der Waals surface area (Å²) >= 11 is 21.8. The van der Waals surface area contributed by atoms with Crippen LogP contribution in [0.4, 0.5) is 5.69 Å². The van der Waals surface area contributed by atoms with Crippen molar-refractivity contribution in [2.45, 2.75) is 13.5 Å². The van der Waals surface area contributed by atoms with Gasteiger partial charge in [0.05, 0.1) is 17.3 Å². The molecular formula is C25H18BrCl3N2O3. The Morgan fingerprint density at radius 3 is 2.47 bits per heavy atom. The molecule has 9 heteroatoms. The topological polar surface area (TPSA) is 71.3 Å².